The summed E-state index contributed by atoms with van der Waals surface area (Å²) in [6.07, 6.45) is 5.36. The zero-order valence-corrected chi connectivity index (χ0v) is 17.4. The highest BCUT2D eigenvalue weighted by Crippen LogP contribution is 2.46. The van der Waals surface area contributed by atoms with Crippen molar-refractivity contribution in [3.05, 3.63) is 53.9 Å². The molecule has 0 radical (unpaired) electrons. The SMILES string of the molecule is Cn1ccnc1CN1C[C@H]2CN(C(=O)C3CCOCC3)[C@H](c3cccc(F)c3)[C@H]2C1. The topological polar surface area (TPSA) is 50.6 Å². The maximum atomic E-state index is 14.1. The molecule has 1 amide bonds. The molecule has 3 aliphatic rings. The van der Waals surface area contributed by atoms with Gasteiger partial charge in [-0.15, -0.1) is 0 Å². The first-order valence-electron chi connectivity index (χ1n) is 10.9. The Bertz CT molecular complexity index is 910. The Morgan fingerprint density at radius 2 is 2.07 bits per heavy atom. The van der Waals surface area contributed by atoms with Crippen LogP contribution in [0.3, 0.4) is 0 Å². The summed E-state index contributed by atoms with van der Waals surface area (Å²) in [5.41, 5.74) is 0.918. The van der Waals surface area contributed by atoms with Gasteiger partial charge in [-0.25, -0.2) is 9.37 Å². The second kappa shape index (κ2) is 8.12. The van der Waals surface area contributed by atoms with Gasteiger partial charge < -0.3 is 14.2 Å². The predicted molar refractivity (Wildman–Crippen MR) is 110 cm³/mol. The van der Waals surface area contributed by atoms with Crippen molar-refractivity contribution in [2.45, 2.75) is 25.4 Å². The normalized spacial score (nSPS) is 27.5. The fraction of sp³-hybridized carbons (Fsp3) is 0.565. The van der Waals surface area contributed by atoms with Crippen LogP contribution >= 0.6 is 0 Å². The van der Waals surface area contributed by atoms with E-state index in [1.165, 1.54) is 6.07 Å². The molecule has 3 fully saturated rings. The summed E-state index contributed by atoms with van der Waals surface area (Å²) in [4.78, 5) is 22.4. The van der Waals surface area contributed by atoms with Gasteiger partial charge in [0.1, 0.15) is 11.6 Å². The molecule has 30 heavy (non-hydrogen) atoms. The lowest BCUT2D eigenvalue weighted by atomic mass is 9.89. The summed E-state index contributed by atoms with van der Waals surface area (Å²) in [5.74, 6) is 1.78. The maximum Gasteiger partial charge on any atom is 0.226 e. The Morgan fingerprint density at radius 3 is 2.80 bits per heavy atom. The number of halogens is 1. The molecule has 0 aliphatic carbocycles. The second-order valence-electron chi connectivity index (χ2n) is 8.95. The third kappa shape index (κ3) is 3.65. The van der Waals surface area contributed by atoms with Crippen LogP contribution in [0.15, 0.2) is 36.7 Å². The molecule has 5 rings (SSSR count). The highest BCUT2D eigenvalue weighted by atomic mass is 19.1. The predicted octanol–water partition coefficient (Wildman–Crippen LogP) is 2.62. The van der Waals surface area contributed by atoms with E-state index < -0.39 is 0 Å². The molecule has 160 valence electrons. The van der Waals surface area contributed by atoms with Crippen molar-refractivity contribution in [3.63, 3.8) is 0 Å². The number of carbonyl (C=O) groups excluding carboxylic acids is 1. The number of carbonyl (C=O) groups is 1. The van der Waals surface area contributed by atoms with Gasteiger partial charge in [0, 0.05) is 64.1 Å². The lowest BCUT2D eigenvalue weighted by molar-refractivity contribution is -0.140. The van der Waals surface area contributed by atoms with E-state index in [4.69, 9.17) is 4.74 Å². The number of aromatic nitrogens is 2. The van der Waals surface area contributed by atoms with E-state index in [0.717, 1.165) is 50.4 Å². The van der Waals surface area contributed by atoms with Crippen LogP contribution in [0.25, 0.3) is 0 Å². The fourth-order valence-electron chi connectivity index (χ4n) is 5.54. The maximum absolute atomic E-state index is 14.1. The van der Waals surface area contributed by atoms with Crippen molar-refractivity contribution in [1.29, 1.82) is 0 Å². The lowest BCUT2D eigenvalue weighted by Crippen LogP contribution is -2.40. The summed E-state index contributed by atoms with van der Waals surface area (Å²) in [6.45, 7) is 4.70. The van der Waals surface area contributed by atoms with Crippen molar-refractivity contribution in [3.8, 4) is 0 Å². The van der Waals surface area contributed by atoms with Crippen molar-refractivity contribution < 1.29 is 13.9 Å². The van der Waals surface area contributed by atoms with Crippen LogP contribution in [0.4, 0.5) is 4.39 Å². The molecule has 3 saturated heterocycles. The van der Waals surface area contributed by atoms with Crippen LogP contribution in [0.2, 0.25) is 0 Å². The highest BCUT2D eigenvalue weighted by molar-refractivity contribution is 5.80. The molecule has 3 aliphatic heterocycles. The smallest absolute Gasteiger partial charge is 0.226 e. The van der Waals surface area contributed by atoms with E-state index in [0.29, 0.717) is 25.0 Å². The standard InChI is InChI=1S/C23H29FN4O2/c1-26-8-7-25-21(26)15-27-12-18-13-28(23(29)16-5-9-30-10-6-16)22(20(18)14-27)17-3-2-4-19(24)11-17/h2-4,7-8,11,16,18,20,22H,5-6,9-10,12-15H2,1H3/t18-,20-,22+/m0/s1. The van der Waals surface area contributed by atoms with Crippen molar-refractivity contribution >= 4 is 5.91 Å². The number of imidazole rings is 1. The van der Waals surface area contributed by atoms with Gasteiger partial charge in [0.15, 0.2) is 0 Å². The Morgan fingerprint density at radius 1 is 1.23 bits per heavy atom. The van der Waals surface area contributed by atoms with Gasteiger partial charge in [0.25, 0.3) is 0 Å². The molecule has 7 heteroatoms. The van der Waals surface area contributed by atoms with Crippen molar-refractivity contribution in [2.75, 3.05) is 32.8 Å². The second-order valence-corrected chi connectivity index (χ2v) is 8.95. The number of aryl methyl sites for hydroxylation is 1. The zero-order chi connectivity index (χ0) is 20.7. The van der Waals surface area contributed by atoms with E-state index >= 15 is 0 Å². The summed E-state index contributed by atoms with van der Waals surface area (Å²) < 4.78 is 21.6. The van der Waals surface area contributed by atoms with Crippen LogP contribution in [-0.4, -0.2) is 58.1 Å². The van der Waals surface area contributed by atoms with Gasteiger partial charge in [-0.3, -0.25) is 9.69 Å². The third-order valence-corrected chi connectivity index (χ3v) is 7.07. The van der Waals surface area contributed by atoms with Crippen molar-refractivity contribution in [2.24, 2.45) is 24.8 Å². The van der Waals surface area contributed by atoms with Crippen LogP contribution < -0.4 is 0 Å². The minimum Gasteiger partial charge on any atom is -0.381 e. The van der Waals surface area contributed by atoms with Gasteiger partial charge in [0.2, 0.25) is 5.91 Å². The molecular formula is C23H29FN4O2. The van der Waals surface area contributed by atoms with E-state index in [2.05, 4.69) is 19.4 Å². The molecule has 1 aromatic heterocycles. The number of fused-ring (bicyclic) bond motifs is 1. The minimum absolute atomic E-state index is 0.0253. The monoisotopic (exact) mass is 412 g/mol. The van der Waals surface area contributed by atoms with Crippen LogP contribution in [0.1, 0.15) is 30.3 Å². The molecule has 4 heterocycles. The van der Waals surface area contributed by atoms with E-state index in [9.17, 15) is 9.18 Å². The fourth-order valence-corrected chi connectivity index (χ4v) is 5.54. The summed E-state index contributed by atoms with van der Waals surface area (Å²) in [5, 5.41) is 0. The first kappa shape index (κ1) is 19.7. The van der Waals surface area contributed by atoms with Crippen molar-refractivity contribution in [1.82, 2.24) is 19.4 Å². The molecule has 0 saturated carbocycles. The average molecular weight is 413 g/mol. The highest BCUT2D eigenvalue weighted by Gasteiger charge is 2.50. The zero-order valence-electron chi connectivity index (χ0n) is 17.4. The van der Waals surface area contributed by atoms with Crippen LogP contribution in [0.5, 0.6) is 0 Å². The van der Waals surface area contributed by atoms with E-state index in [1.54, 1.807) is 12.1 Å². The number of amides is 1. The first-order valence-corrected chi connectivity index (χ1v) is 10.9. The number of hydrogen-bond acceptors (Lipinski definition) is 4. The third-order valence-electron chi connectivity index (χ3n) is 7.07. The molecule has 0 spiro atoms. The van der Waals surface area contributed by atoms with Crippen LogP contribution in [0, 0.1) is 23.6 Å². The van der Waals surface area contributed by atoms with Gasteiger partial charge in [-0.1, -0.05) is 12.1 Å². The number of likely N-dealkylation sites (tertiary alicyclic amines) is 2. The molecule has 0 bridgehead atoms. The molecule has 0 N–H and O–H groups in total. The largest absolute Gasteiger partial charge is 0.381 e. The van der Waals surface area contributed by atoms with Gasteiger partial charge in [-0.05, 0) is 36.5 Å². The molecule has 2 aromatic rings. The van der Waals surface area contributed by atoms with Gasteiger partial charge in [-0.2, -0.15) is 0 Å². The number of nitrogens with zero attached hydrogens (tertiary/aromatic N) is 4. The summed E-state index contributed by atoms with van der Waals surface area (Å²) in [6, 6.07) is 6.76. The Labute approximate surface area is 176 Å². The van der Waals surface area contributed by atoms with Gasteiger partial charge in [0.05, 0.1) is 12.6 Å². The number of rotatable bonds is 4. The summed E-state index contributed by atoms with van der Waals surface area (Å²) in [7, 11) is 2.02. The number of benzene rings is 1. The first-order chi connectivity index (χ1) is 14.6. The van der Waals surface area contributed by atoms with Crippen LogP contribution in [-0.2, 0) is 23.1 Å². The molecule has 0 unspecified atom stereocenters. The Balaban J connectivity index is 1.39. The molecule has 1 aromatic carbocycles. The molecular weight excluding hydrogens is 383 g/mol. The van der Waals surface area contributed by atoms with Gasteiger partial charge >= 0.3 is 0 Å². The average Bonchev–Trinajstić information content (AvgIpc) is 3.43. The molecule has 6 nitrogen and oxygen atoms in total. The Kier molecular flexibility index (Phi) is 5.33. The minimum atomic E-state index is -0.239. The molecule has 3 atom stereocenters. The van der Waals surface area contributed by atoms with E-state index in [-0.39, 0.29) is 23.7 Å². The number of ether oxygens (including phenoxy) is 1. The summed E-state index contributed by atoms with van der Waals surface area (Å²) >= 11 is 0. The van der Waals surface area contributed by atoms with E-state index in [1.807, 2.05) is 25.5 Å². The quantitative estimate of drug-likeness (QED) is 0.775. The lowest BCUT2D eigenvalue weighted by Gasteiger charge is -2.33. The number of hydrogen-bond donors (Lipinski definition) is 0. The Hall–Kier alpha value is -2.25.